The van der Waals surface area contributed by atoms with Gasteiger partial charge < -0.3 is 4.42 Å². The van der Waals surface area contributed by atoms with E-state index in [9.17, 15) is 4.79 Å². The molecule has 0 saturated carbocycles. The zero-order chi connectivity index (χ0) is 12.1. The molecule has 1 heterocycles. The summed E-state index contributed by atoms with van der Waals surface area (Å²) in [6.45, 7) is 1.89. The third-order valence-corrected chi connectivity index (χ3v) is 3.55. The number of furan rings is 1. The average Bonchev–Trinajstić information content (AvgIpc) is 2.89. The molecule has 0 unspecified atom stereocenters. The lowest BCUT2D eigenvalue weighted by Gasteiger charge is -2.06. The van der Waals surface area contributed by atoms with E-state index >= 15 is 0 Å². The third-order valence-electron chi connectivity index (χ3n) is 2.46. The van der Waals surface area contributed by atoms with Gasteiger partial charge in [0, 0.05) is 16.9 Å². The van der Waals surface area contributed by atoms with Crippen molar-refractivity contribution in [3.63, 3.8) is 0 Å². The van der Waals surface area contributed by atoms with E-state index in [0.717, 1.165) is 22.0 Å². The Morgan fingerprint density at radius 2 is 2.06 bits per heavy atom. The smallest absolute Gasteiger partial charge is 0.163 e. The molecule has 0 fully saturated rings. The molecule has 0 aliphatic carbocycles. The van der Waals surface area contributed by atoms with Gasteiger partial charge in [-0.25, -0.2) is 0 Å². The van der Waals surface area contributed by atoms with Gasteiger partial charge in [0.2, 0.25) is 0 Å². The quantitative estimate of drug-likeness (QED) is 0.586. The molecule has 0 aliphatic heterocycles. The topological polar surface area (TPSA) is 30.2 Å². The van der Waals surface area contributed by atoms with E-state index in [0.29, 0.717) is 6.42 Å². The Labute approximate surface area is 105 Å². The molecule has 0 radical (unpaired) electrons. The van der Waals surface area contributed by atoms with Crippen LogP contribution in [0.5, 0.6) is 0 Å². The second-order valence-corrected chi connectivity index (χ2v) is 4.66. The molecule has 0 bridgehead atoms. The fourth-order valence-electron chi connectivity index (χ4n) is 1.56. The Balaban J connectivity index is 2.12. The maximum Gasteiger partial charge on any atom is 0.163 e. The molecule has 3 heteroatoms. The van der Waals surface area contributed by atoms with Crippen molar-refractivity contribution in [2.24, 2.45) is 0 Å². The van der Waals surface area contributed by atoms with E-state index in [1.807, 2.05) is 43.3 Å². The summed E-state index contributed by atoms with van der Waals surface area (Å²) in [5.41, 5.74) is 0.812. The number of hydrogen-bond acceptors (Lipinski definition) is 3. The highest BCUT2D eigenvalue weighted by Crippen LogP contribution is 2.27. The predicted octanol–water partition coefficient (Wildman–Crippen LogP) is 4.16. The van der Waals surface area contributed by atoms with Crippen molar-refractivity contribution in [1.29, 1.82) is 0 Å². The van der Waals surface area contributed by atoms with Crippen molar-refractivity contribution >= 4 is 17.5 Å². The van der Waals surface area contributed by atoms with Crippen molar-refractivity contribution in [2.45, 2.75) is 24.0 Å². The summed E-state index contributed by atoms with van der Waals surface area (Å²) in [4.78, 5) is 12.8. The van der Waals surface area contributed by atoms with Crippen LogP contribution in [0.3, 0.4) is 0 Å². The van der Waals surface area contributed by atoms with E-state index in [2.05, 4.69) is 0 Å². The first-order valence-electron chi connectivity index (χ1n) is 5.58. The SMILES string of the molecule is CCC(=O)c1ccccc1SCc1ccco1. The van der Waals surface area contributed by atoms with Crippen LogP contribution in [0.1, 0.15) is 29.5 Å². The summed E-state index contributed by atoms with van der Waals surface area (Å²) in [6, 6.07) is 11.5. The highest BCUT2D eigenvalue weighted by molar-refractivity contribution is 7.98. The van der Waals surface area contributed by atoms with Gasteiger partial charge >= 0.3 is 0 Å². The van der Waals surface area contributed by atoms with Gasteiger partial charge in [-0.05, 0) is 18.2 Å². The molecular formula is C14H14O2S. The molecule has 2 nitrogen and oxygen atoms in total. The van der Waals surface area contributed by atoms with Gasteiger partial charge in [0.15, 0.2) is 5.78 Å². The van der Waals surface area contributed by atoms with Crippen LogP contribution in [0.4, 0.5) is 0 Å². The molecule has 0 N–H and O–H groups in total. The zero-order valence-electron chi connectivity index (χ0n) is 9.68. The third kappa shape index (κ3) is 3.01. The summed E-state index contributed by atoms with van der Waals surface area (Å²) in [5, 5.41) is 0. The number of hydrogen-bond donors (Lipinski definition) is 0. The maximum atomic E-state index is 11.8. The minimum atomic E-state index is 0.188. The molecule has 1 aromatic heterocycles. The largest absolute Gasteiger partial charge is 0.468 e. The van der Waals surface area contributed by atoms with Crippen molar-refractivity contribution in [2.75, 3.05) is 0 Å². The van der Waals surface area contributed by atoms with E-state index < -0.39 is 0 Å². The summed E-state index contributed by atoms with van der Waals surface area (Å²) >= 11 is 1.63. The number of benzene rings is 1. The van der Waals surface area contributed by atoms with Crippen LogP contribution in [0.25, 0.3) is 0 Å². The highest BCUT2D eigenvalue weighted by atomic mass is 32.2. The van der Waals surface area contributed by atoms with Gasteiger partial charge in [0.1, 0.15) is 5.76 Å². The van der Waals surface area contributed by atoms with Crippen molar-refractivity contribution < 1.29 is 9.21 Å². The number of carbonyl (C=O) groups excluding carboxylic acids is 1. The summed E-state index contributed by atoms with van der Waals surface area (Å²) in [5.74, 6) is 1.86. The van der Waals surface area contributed by atoms with Crippen LogP contribution < -0.4 is 0 Å². The van der Waals surface area contributed by atoms with Gasteiger partial charge in [-0.2, -0.15) is 0 Å². The molecule has 0 amide bonds. The second-order valence-electron chi connectivity index (χ2n) is 3.64. The Morgan fingerprint density at radius 3 is 2.76 bits per heavy atom. The summed E-state index contributed by atoms with van der Waals surface area (Å²) in [6.07, 6.45) is 2.21. The molecule has 88 valence electrons. The minimum Gasteiger partial charge on any atom is -0.468 e. The Hall–Kier alpha value is -1.48. The van der Waals surface area contributed by atoms with Gasteiger partial charge in [-0.15, -0.1) is 11.8 Å². The summed E-state index contributed by atoms with van der Waals surface area (Å²) in [7, 11) is 0. The maximum absolute atomic E-state index is 11.8. The standard InChI is InChI=1S/C14H14O2S/c1-2-13(15)12-7-3-4-8-14(12)17-10-11-6-5-9-16-11/h3-9H,2,10H2,1H3. The van der Waals surface area contributed by atoms with Crippen LogP contribution in [0.2, 0.25) is 0 Å². The highest BCUT2D eigenvalue weighted by Gasteiger charge is 2.09. The molecule has 0 aliphatic rings. The number of Topliss-reactive ketones (excluding diaryl/α,β-unsaturated/α-hetero) is 1. The van der Waals surface area contributed by atoms with Gasteiger partial charge in [-0.3, -0.25) is 4.79 Å². The summed E-state index contributed by atoms with van der Waals surface area (Å²) < 4.78 is 5.28. The Morgan fingerprint density at radius 1 is 1.24 bits per heavy atom. The molecule has 0 atom stereocenters. The van der Waals surface area contributed by atoms with Crippen LogP contribution in [0.15, 0.2) is 52.0 Å². The molecule has 0 spiro atoms. The molecule has 0 saturated heterocycles. The average molecular weight is 246 g/mol. The Kier molecular flexibility index (Phi) is 4.04. The molecule has 2 rings (SSSR count). The first-order chi connectivity index (χ1) is 8.31. The lowest BCUT2D eigenvalue weighted by atomic mass is 10.1. The van der Waals surface area contributed by atoms with Crippen molar-refractivity contribution in [1.82, 2.24) is 0 Å². The lowest BCUT2D eigenvalue weighted by molar-refractivity contribution is 0.0985. The number of carbonyl (C=O) groups is 1. The number of rotatable bonds is 5. The monoisotopic (exact) mass is 246 g/mol. The van der Waals surface area contributed by atoms with Crippen LogP contribution in [-0.2, 0) is 5.75 Å². The van der Waals surface area contributed by atoms with E-state index in [4.69, 9.17) is 4.42 Å². The fourth-order valence-corrected chi connectivity index (χ4v) is 2.53. The molecular weight excluding hydrogens is 232 g/mol. The lowest BCUT2D eigenvalue weighted by Crippen LogP contribution is -1.98. The van der Waals surface area contributed by atoms with E-state index in [1.165, 1.54) is 0 Å². The van der Waals surface area contributed by atoms with Gasteiger partial charge in [-0.1, -0.05) is 25.1 Å². The van der Waals surface area contributed by atoms with Gasteiger partial charge in [0.25, 0.3) is 0 Å². The first kappa shape index (κ1) is 12.0. The minimum absolute atomic E-state index is 0.188. The predicted molar refractivity (Wildman–Crippen MR) is 69.3 cm³/mol. The zero-order valence-corrected chi connectivity index (χ0v) is 10.5. The first-order valence-corrected chi connectivity index (χ1v) is 6.57. The van der Waals surface area contributed by atoms with E-state index in [-0.39, 0.29) is 5.78 Å². The van der Waals surface area contributed by atoms with Crippen molar-refractivity contribution in [3.8, 4) is 0 Å². The van der Waals surface area contributed by atoms with Crippen LogP contribution in [0, 0.1) is 0 Å². The Bertz CT molecular complexity index is 489. The molecule has 1 aromatic carbocycles. The van der Waals surface area contributed by atoms with E-state index in [1.54, 1.807) is 18.0 Å². The number of thioether (sulfide) groups is 1. The molecule has 2 aromatic rings. The van der Waals surface area contributed by atoms with Crippen LogP contribution >= 0.6 is 11.8 Å². The number of ketones is 1. The molecule has 17 heavy (non-hydrogen) atoms. The van der Waals surface area contributed by atoms with Crippen LogP contribution in [-0.4, -0.2) is 5.78 Å². The van der Waals surface area contributed by atoms with Gasteiger partial charge in [0.05, 0.1) is 12.0 Å². The normalized spacial score (nSPS) is 10.4. The second kappa shape index (κ2) is 5.73. The van der Waals surface area contributed by atoms with Crippen molar-refractivity contribution in [3.05, 3.63) is 54.0 Å². The fraction of sp³-hybridized carbons (Fsp3) is 0.214.